The molecular formula is C20H21N5O3. The molecule has 0 saturated heterocycles. The average molecular weight is 379 g/mol. The van der Waals surface area contributed by atoms with Gasteiger partial charge >= 0.3 is 6.03 Å². The largest absolute Gasteiger partial charge is 0.351 e. The molecule has 0 fully saturated rings. The van der Waals surface area contributed by atoms with Crippen molar-refractivity contribution in [2.75, 3.05) is 10.6 Å². The first-order valence-corrected chi connectivity index (χ1v) is 8.83. The zero-order chi connectivity index (χ0) is 20.3. The SMILES string of the molecule is CC(C)Cn1nc(C(=O)Nc2cccc(NC(N)=O)c2)c2ccccc2c1=O. The predicted molar refractivity (Wildman–Crippen MR) is 108 cm³/mol. The minimum atomic E-state index is -0.697. The second-order valence-electron chi connectivity index (χ2n) is 6.80. The molecule has 0 unspecified atom stereocenters. The van der Waals surface area contributed by atoms with Crippen LogP contribution in [0.3, 0.4) is 0 Å². The molecule has 8 nitrogen and oxygen atoms in total. The zero-order valence-electron chi connectivity index (χ0n) is 15.6. The van der Waals surface area contributed by atoms with Crippen molar-refractivity contribution >= 4 is 34.1 Å². The molecule has 1 aromatic heterocycles. The molecule has 3 amide bonds. The van der Waals surface area contributed by atoms with Gasteiger partial charge in [-0.3, -0.25) is 9.59 Å². The predicted octanol–water partition coefficient (Wildman–Crippen LogP) is 2.80. The molecule has 144 valence electrons. The van der Waals surface area contributed by atoms with Crippen LogP contribution >= 0.6 is 0 Å². The highest BCUT2D eigenvalue weighted by atomic mass is 16.2. The van der Waals surface area contributed by atoms with Gasteiger partial charge in [0.05, 0.1) is 5.39 Å². The molecule has 4 N–H and O–H groups in total. The monoisotopic (exact) mass is 379 g/mol. The molecule has 0 saturated carbocycles. The molecule has 0 aliphatic carbocycles. The van der Waals surface area contributed by atoms with E-state index in [1.54, 1.807) is 48.5 Å². The van der Waals surface area contributed by atoms with Crippen LogP contribution in [0, 0.1) is 5.92 Å². The normalized spacial score (nSPS) is 10.8. The Morgan fingerprint density at radius 1 is 1.04 bits per heavy atom. The fraction of sp³-hybridized carbons (Fsp3) is 0.200. The third-order valence-electron chi connectivity index (χ3n) is 4.01. The number of primary amides is 1. The van der Waals surface area contributed by atoms with Gasteiger partial charge in [-0.25, -0.2) is 9.48 Å². The summed E-state index contributed by atoms with van der Waals surface area (Å²) in [6.07, 6.45) is 0. The van der Waals surface area contributed by atoms with E-state index in [-0.39, 0.29) is 17.2 Å². The van der Waals surface area contributed by atoms with Gasteiger partial charge in [0.15, 0.2) is 5.69 Å². The van der Waals surface area contributed by atoms with Crippen LogP contribution in [-0.4, -0.2) is 21.7 Å². The minimum absolute atomic E-state index is 0.157. The zero-order valence-corrected chi connectivity index (χ0v) is 15.6. The number of urea groups is 1. The topological polar surface area (TPSA) is 119 Å². The summed E-state index contributed by atoms with van der Waals surface area (Å²) in [5, 5.41) is 10.4. The van der Waals surface area contributed by atoms with E-state index < -0.39 is 11.9 Å². The van der Waals surface area contributed by atoms with Gasteiger partial charge in [-0.1, -0.05) is 38.1 Å². The minimum Gasteiger partial charge on any atom is -0.351 e. The van der Waals surface area contributed by atoms with Crippen molar-refractivity contribution in [1.82, 2.24) is 9.78 Å². The fourth-order valence-corrected chi connectivity index (χ4v) is 2.88. The summed E-state index contributed by atoms with van der Waals surface area (Å²) in [5.74, 6) is -0.260. The van der Waals surface area contributed by atoms with E-state index in [2.05, 4.69) is 15.7 Å². The molecule has 0 spiro atoms. The van der Waals surface area contributed by atoms with Gasteiger partial charge in [0.25, 0.3) is 11.5 Å². The summed E-state index contributed by atoms with van der Waals surface area (Å²) < 4.78 is 1.33. The third-order valence-corrected chi connectivity index (χ3v) is 4.01. The quantitative estimate of drug-likeness (QED) is 0.631. The van der Waals surface area contributed by atoms with Crippen LogP contribution in [0.15, 0.2) is 53.3 Å². The molecule has 1 heterocycles. The maximum atomic E-state index is 12.9. The van der Waals surface area contributed by atoms with E-state index in [9.17, 15) is 14.4 Å². The van der Waals surface area contributed by atoms with Gasteiger partial charge in [0.2, 0.25) is 0 Å². The second kappa shape index (κ2) is 7.91. The molecule has 3 aromatic rings. The highest BCUT2D eigenvalue weighted by Crippen LogP contribution is 2.18. The summed E-state index contributed by atoms with van der Waals surface area (Å²) >= 11 is 0. The van der Waals surface area contributed by atoms with E-state index in [4.69, 9.17) is 5.73 Å². The number of hydrogen-bond acceptors (Lipinski definition) is 4. The molecule has 3 rings (SSSR count). The Morgan fingerprint density at radius 3 is 2.32 bits per heavy atom. The highest BCUT2D eigenvalue weighted by Gasteiger charge is 2.17. The summed E-state index contributed by atoms with van der Waals surface area (Å²) in [5.41, 5.74) is 5.96. The van der Waals surface area contributed by atoms with Gasteiger partial charge in [-0.2, -0.15) is 5.10 Å². The molecule has 8 heteroatoms. The molecule has 0 radical (unpaired) electrons. The standard InChI is InChI=1S/C20H21N5O3/c1-12(2)11-25-19(27)16-9-4-3-8-15(16)17(24-25)18(26)22-13-6-5-7-14(10-13)23-20(21)28/h3-10,12H,11H2,1-2H3,(H,22,26)(H3,21,23,28). The number of nitrogens with two attached hydrogens (primary N) is 1. The number of fused-ring (bicyclic) bond motifs is 1. The van der Waals surface area contributed by atoms with Crippen LogP contribution in [0.4, 0.5) is 16.2 Å². The smallest absolute Gasteiger partial charge is 0.316 e. The van der Waals surface area contributed by atoms with Gasteiger partial charge < -0.3 is 16.4 Å². The van der Waals surface area contributed by atoms with Crippen LogP contribution in [0.25, 0.3) is 10.8 Å². The van der Waals surface area contributed by atoms with Crippen LogP contribution in [0.2, 0.25) is 0 Å². The number of nitrogens with one attached hydrogen (secondary N) is 2. The second-order valence-corrected chi connectivity index (χ2v) is 6.80. The van der Waals surface area contributed by atoms with Crippen molar-refractivity contribution in [2.24, 2.45) is 11.7 Å². The Hall–Kier alpha value is -3.68. The molecular weight excluding hydrogens is 358 g/mol. The lowest BCUT2D eigenvalue weighted by atomic mass is 10.1. The summed E-state index contributed by atoms with van der Waals surface area (Å²) in [4.78, 5) is 36.6. The lowest BCUT2D eigenvalue weighted by Gasteiger charge is -2.13. The Bertz CT molecular complexity index is 1100. The van der Waals surface area contributed by atoms with Crippen LogP contribution in [0.1, 0.15) is 24.3 Å². The number of anilines is 2. The van der Waals surface area contributed by atoms with Crippen molar-refractivity contribution in [3.8, 4) is 0 Å². The molecule has 0 bridgehead atoms. The van der Waals surface area contributed by atoms with E-state index in [1.807, 2.05) is 13.8 Å². The Labute approximate surface area is 161 Å². The number of amides is 3. The van der Waals surface area contributed by atoms with E-state index >= 15 is 0 Å². The van der Waals surface area contributed by atoms with E-state index in [1.165, 1.54) is 4.68 Å². The lowest BCUT2D eigenvalue weighted by Crippen LogP contribution is -2.29. The van der Waals surface area contributed by atoms with Crippen molar-refractivity contribution in [3.05, 3.63) is 64.6 Å². The van der Waals surface area contributed by atoms with Crippen LogP contribution in [0.5, 0.6) is 0 Å². The van der Waals surface area contributed by atoms with Gasteiger partial charge in [-0.15, -0.1) is 0 Å². The Balaban J connectivity index is 2.00. The summed E-state index contributed by atoms with van der Waals surface area (Å²) in [6.45, 7) is 4.35. The van der Waals surface area contributed by atoms with Gasteiger partial charge in [0.1, 0.15) is 0 Å². The van der Waals surface area contributed by atoms with Crippen molar-refractivity contribution < 1.29 is 9.59 Å². The van der Waals surface area contributed by atoms with Crippen molar-refractivity contribution in [1.29, 1.82) is 0 Å². The number of benzene rings is 2. The number of hydrogen-bond donors (Lipinski definition) is 3. The van der Waals surface area contributed by atoms with Gasteiger partial charge in [0, 0.05) is 23.3 Å². The highest BCUT2D eigenvalue weighted by molar-refractivity contribution is 6.11. The van der Waals surface area contributed by atoms with E-state index in [0.717, 1.165) is 0 Å². The van der Waals surface area contributed by atoms with Crippen LogP contribution < -0.4 is 21.9 Å². The maximum Gasteiger partial charge on any atom is 0.316 e. The molecule has 0 atom stereocenters. The maximum absolute atomic E-state index is 12.9. The number of carbonyl (C=O) groups is 2. The molecule has 0 aliphatic heterocycles. The van der Waals surface area contributed by atoms with Crippen LogP contribution in [-0.2, 0) is 6.54 Å². The first kappa shape index (κ1) is 19.1. The molecule has 2 aromatic carbocycles. The first-order chi connectivity index (χ1) is 13.3. The third kappa shape index (κ3) is 4.17. The van der Waals surface area contributed by atoms with Gasteiger partial charge in [-0.05, 0) is 30.2 Å². The number of rotatable bonds is 5. The summed E-state index contributed by atoms with van der Waals surface area (Å²) in [7, 11) is 0. The fourth-order valence-electron chi connectivity index (χ4n) is 2.88. The van der Waals surface area contributed by atoms with Crippen molar-refractivity contribution in [3.63, 3.8) is 0 Å². The first-order valence-electron chi connectivity index (χ1n) is 8.83. The number of carbonyl (C=O) groups excluding carboxylic acids is 2. The Kier molecular flexibility index (Phi) is 5.39. The molecule has 0 aliphatic rings. The van der Waals surface area contributed by atoms with E-state index in [0.29, 0.717) is 28.7 Å². The van der Waals surface area contributed by atoms with Crippen molar-refractivity contribution in [2.45, 2.75) is 20.4 Å². The molecule has 28 heavy (non-hydrogen) atoms. The lowest BCUT2D eigenvalue weighted by molar-refractivity contribution is 0.102. The summed E-state index contributed by atoms with van der Waals surface area (Å²) in [6, 6.07) is 12.8. The Morgan fingerprint density at radius 2 is 1.68 bits per heavy atom. The average Bonchev–Trinajstić information content (AvgIpc) is 2.63. The number of nitrogens with zero attached hydrogens (tertiary/aromatic N) is 2. The number of aromatic nitrogens is 2.